The number of hydrogen-bond acceptors (Lipinski definition) is 5. The first-order valence-corrected chi connectivity index (χ1v) is 10.5. The maximum absolute atomic E-state index is 10.6. The molecule has 1 aliphatic rings. The Hall–Kier alpha value is -2.47. The van der Waals surface area contributed by atoms with Crippen LogP contribution in [0.1, 0.15) is 29.9 Å². The fraction of sp³-hybridized carbons (Fsp3) is 0.364. The fourth-order valence-electron chi connectivity index (χ4n) is 2.96. The van der Waals surface area contributed by atoms with E-state index >= 15 is 0 Å². The van der Waals surface area contributed by atoms with Crippen molar-refractivity contribution in [2.75, 3.05) is 18.1 Å². The molecule has 3 rings (SSSR count). The Balaban J connectivity index is 1.52. The van der Waals surface area contributed by atoms with Gasteiger partial charge in [0.05, 0.1) is 18.1 Å². The zero-order valence-electron chi connectivity index (χ0n) is 16.2. The lowest BCUT2D eigenvalue weighted by Crippen LogP contribution is -2.04. The highest BCUT2D eigenvalue weighted by atomic mass is 32.2. The van der Waals surface area contributed by atoms with E-state index in [0.29, 0.717) is 18.9 Å². The molecule has 0 aliphatic heterocycles. The minimum absolute atomic E-state index is 0.131. The molecule has 28 heavy (non-hydrogen) atoms. The second-order valence-corrected chi connectivity index (χ2v) is 7.81. The number of aliphatic carboxylic acids is 1. The number of carboxylic acids is 1. The highest BCUT2D eigenvalue weighted by molar-refractivity contribution is 8.00. The van der Waals surface area contributed by atoms with E-state index in [1.165, 1.54) is 22.9 Å². The number of aromatic nitrogens is 1. The quantitative estimate of drug-likeness (QED) is 0.644. The summed E-state index contributed by atoms with van der Waals surface area (Å²) in [4.78, 5) is 15.2. The third-order valence-corrected chi connectivity index (χ3v) is 5.50. The molecular weight excluding hydrogens is 374 g/mol. The molecule has 0 atom stereocenters. The van der Waals surface area contributed by atoms with E-state index in [1.54, 1.807) is 0 Å². The van der Waals surface area contributed by atoms with Crippen molar-refractivity contribution in [1.82, 2.24) is 4.98 Å². The van der Waals surface area contributed by atoms with Crippen LogP contribution in [-0.2, 0) is 16.0 Å². The number of nitrogens with zero attached hydrogens (tertiary/aromatic N) is 1. The Bertz CT molecular complexity index is 880. The predicted octanol–water partition coefficient (Wildman–Crippen LogP) is 4.94. The summed E-state index contributed by atoms with van der Waals surface area (Å²) in [7, 11) is 0. The Kier molecular flexibility index (Phi) is 6.98. The molecule has 0 amide bonds. The van der Waals surface area contributed by atoms with Crippen LogP contribution < -0.4 is 0 Å². The molecule has 0 spiro atoms. The van der Waals surface area contributed by atoms with Crippen LogP contribution in [0.4, 0.5) is 0 Å². The van der Waals surface area contributed by atoms with Crippen molar-refractivity contribution in [3.8, 4) is 11.5 Å². The Morgan fingerprint density at radius 1 is 1.29 bits per heavy atom. The Morgan fingerprint density at radius 2 is 2.07 bits per heavy atom. The highest BCUT2D eigenvalue weighted by Crippen LogP contribution is 2.24. The van der Waals surface area contributed by atoms with Gasteiger partial charge in [0.25, 0.3) is 0 Å². The molecule has 0 saturated carbocycles. The van der Waals surface area contributed by atoms with Crippen LogP contribution in [0.15, 0.2) is 52.2 Å². The third kappa shape index (κ3) is 5.76. The summed E-state index contributed by atoms with van der Waals surface area (Å²) in [6.45, 7) is 4.51. The van der Waals surface area contributed by atoms with Gasteiger partial charge < -0.3 is 14.3 Å². The first kappa shape index (κ1) is 20.3. The molecule has 0 radical (unpaired) electrons. The third-order valence-electron chi connectivity index (χ3n) is 4.47. The van der Waals surface area contributed by atoms with Crippen molar-refractivity contribution >= 4 is 17.7 Å². The number of hydrogen-bond donors (Lipinski definition) is 1. The van der Waals surface area contributed by atoms with Gasteiger partial charge in [-0.1, -0.05) is 23.3 Å². The molecule has 1 N–H and O–H groups in total. The second kappa shape index (κ2) is 9.64. The molecule has 2 aromatic rings. The molecule has 0 saturated heterocycles. The molecule has 6 heteroatoms. The minimum atomic E-state index is -0.776. The van der Waals surface area contributed by atoms with E-state index in [2.05, 4.69) is 18.0 Å². The summed E-state index contributed by atoms with van der Waals surface area (Å²) in [6, 6.07) is 8.13. The van der Waals surface area contributed by atoms with Crippen LogP contribution >= 0.6 is 11.8 Å². The van der Waals surface area contributed by atoms with E-state index in [9.17, 15) is 4.79 Å². The fourth-order valence-corrected chi connectivity index (χ4v) is 3.73. The van der Waals surface area contributed by atoms with Crippen molar-refractivity contribution in [3.63, 3.8) is 0 Å². The number of benzene rings is 1. The minimum Gasteiger partial charge on any atom is -0.494 e. The monoisotopic (exact) mass is 399 g/mol. The second-order valence-electron chi connectivity index (χ2n) is 6.82. The Labute approximate surface area is 169 Å². The van der Waals surface area contributed by atoms with Crippen LogP contribution in [0.25, 0.3) is 11.5 Å². The number of carbonyl (C=O) groups is 1. The molecule has 5 nitrogen and oxygen atoms in total. The van der Waals surface area contributed by atoms with Gasteiger partial charge in [0, 0.05) is 17.7 Å². The van der Waals surface area contributed by atoms with E-state index in [1.807, 2.05) is 37.3 Å². The van der Waals surface area contributed by atoms with Crippen LogP contribution in [0.5, 0.6) is 0 Å². The predicted molar refractivity (Wildman–Crippen MR) is 111 cm³/mol. The molecule has 148 valence electrons. The number of aryl methyl sites for hydroxylation is 2. The standard InChI is InChI=1S/C22H25NO4S/c1-15-6-8-18(9-7-15)22-23-20(16(2)27-22)10-11-26-19-5-3-4-17(12-19)13-28-14-21(24)25/h5-9,12H,3-4,10-11,13-14H2,1-2H3,(H,24,25). The molecule has 0 bridgehead atoms. The largest absolute Gasteiger partial charge is 0.494 e. The molecule has 1 heterocycles. The number of allylic oxidation sites excluding steroid dienone is 2. The molecule has 1 aliphatic carbocycles. The maximum atomic E-state index is 10.6. The molecule has 0 fully saturated rings. The smallest absolute Gasteiger partial charge is 0.313 e. The lowest BCUT2D eigenvalue weighted by molar-refractivity contribution is -0.133. The molecule has 1 aromatic heterocycles. The first-order chi connectivity index (χ1) is 13.5. The highest BCUT2D eigenvalue weighted by Gasteiger charge is 2.12. The van der Waals surface area contributed by atoms with Gasteiger partial charge in [-0.05, 0) is 51.0 Å². The summed E-state index contributed by atoms with van der Waals surface area (Å²) in [6.07, 6.45) is 6.68. The number of rotatable bonds is 9. The van der Waals surface area contributed by atoms with Crippen LogP contribution in [0.2, 0.25) is 0 Å². The topological polar surface area (TPSA) is 72.6 Å². The van der Waals surface area contributed by atoms with Crippen molar-refractivity contribution < 1.29 is 19.1 Å². The lowest BCUT2D eigenvalue weighted by atomic mass is 10.1. The number of ether oxygens (including phenoxy) is 1. The van der Waals surface area contributed by atoms with E-state index in [4.69, 9.17) is 14.3 Å². The number of oxazole rings is 1. The van der Waals surface area contributed by atoms with Gasteiger partial charge in [-0.2, -0.15) is 0 Å². The number of carboxylic acid groups (broad SMARTS) is 1. The summed E-state index contributed by atoms with van der Waals surface area (Å²) in [5.41, 5.74) is 4.31. The summed E-state index contributed by atoms with van der Waals surface area (Å²) >= 11 is 1.42. The summed E-state index contributed by atoms with van der Waals surface area (Å²) < 4.78 is 11.7. The normalized spacial score (nSPS) is 13.8. The van der Waals surface area contributed by atoms with E-state index in [-0.39, 0.29) is 5.75 Å². The van der Waals surface area contributed by atoms with Gasteiger partial charge >= 0.3 is 5.97 Å². The average molecular weight is 400 g/mol. The maximum Gasteiger partial charge on any atom is 0.313 e. The lowest BCUT2D eigenvalue weighted by Gasteiger charge is -2.14. The van der Waals surface area contributed by atoms with Gasteiger partial charge in [-0.3, -0.25) is 4.79 Å². The van der Waals surface area contributed by atoms with E-state index < -0.39 is 5.97 Å². The van der Waals surface area contributed by atoms with Gasteiger partial charge in [-0.25, -0.2) is 4.98 Å². The zero-order chi connectivity index (χ0) is 19.9. The number of thioether (sulfide) groups is 1. The van der Waals surface area contributed by atoms with Gasteiger partial charge in [-0.15, -0.1) is 11.8 Å². The molecule has 0 unspecified atom stereocenters. The molecule has 1 aromatic carbocycles. The molecular formula is C22H25NO4S. The zero-order valence-corrected chi connectivity index (χ0v) is 17.1. The first-order valence-electron chi connectivity index (χ1n) is 9.36. The SMILES string of the molecule is Cc1ccc(-c2nc(CCOC3=CCCC(CSCC(=O)O)=C3)c(C)o2)cc1. The Morgan fingerprint density at radius 3 is 2.82 bits per heavy atom. The van der Waals surface area contributed by atoms with Crippen molar-refractivity contribution in [1.29, 1.82) is 0 Å². The van der Waals surface area contributed by atoms with Crippen molar-refractivity contribution in [2.45, 2.75) is 33.1 Å². The van der Waals surface area contributed by atoms with Gasteiger partial charge in [0.2, 0.25) is 5.89 Å². The van der Waals surface area contributed by atoms with Crippen LogP contribution in [-0.4, -0.2) is 34.2 Å². The van der Waals surface area contributed by atoms with Crippen LogP contribution in [0, 0.1) is 13.8 Å². The van der Waals surface area contributed by atoms with E-state index in [0.717, 1.165) is 41.4 Å². The van der Waals surface area contributed by atoms with Crippen molar-refractivity contribution in [2.24, 2.45) is 0 Å². The summed E-state index contributed by atoms with van der Waals surface area (Å²) in [5.74, 6) is 2.40. The van der Waals surface area contributed by atoms with Gasteiger partial charge in [0.1, 0.15) is 11.5 Å². The van der Waals surface area contributed by atoms with Gasteiger partial charge in [0.15, 0.2) is 0 Å². The average Bonchev–Trinajstić information content (AvgIpc) is 3.03. The summed E-state index contributed by atoms with van der Waals surface area (Å²) in [5, 5.41) is 8.74. The van der Waals surface area contributed by atoms with Crippen LogP contribution in [0.3, 0.4) is 0 Å². The van der Waals surface area contributed by atoms with Crippen molar-refractivity contribution in [3.05, 3.63) is 64.8 Å².